The molecule has 0 bridgehead atoms. The van der Waals surface area contributed by atoms with E-state index in [0.717, 1.165) is 16.3 Å². The minimum atomic E-state index is -3.32. The maximum atomic E-state index is 12.0. The molecular formula is C19H24N2O5S. The number of carbonyl (C=O) groups excluding carboxylic acids is 1. The summed E-state index contributed by atoms with van der Waals surface area (Å²) in [7, 11) is -1.85. The second-order valence-electron chi connectivity index (χ2n) is 6.11. The van der Waals surface area contributed by atoms with Gasteiger partial charge in [0.1, 0.15) is 18.1 Å². The molecule has 0 aliphatic carbocycles. The minimum Gasteiger partial charge on any atom is -0.491 e. The standard InChI is InChI=1S/C19H24N2O5S/c1-15(13-25-17-7-5-4-6-8-17)20-19(22)14-26-18-11-9-16(10-12-18)21(2)27(3,23)24/h4-12,15H,13-14H2,1-3H3,(H,20,22)/t15-/m0/s1. The zero-order valence-electron chi connectivity index (χ0n) is 15.6. The highest BCUT2D eigenvalue weighted by Gasteiger charge is 2.12. The lowest BCUT2D eigenvalue weighted by molar-refractivity contribution is -0.123. The summed E-state index contributed by atoms with van der Waals surface area (Å²) in [6.07, 6.45) is 1.13. The Morgan fingerprint density at radius 3 is 2.22 bits per heavy atom. The van der Waals surface area contributed by atoms with E-state index < -0.39 is 10.0 Å². The third kappa shape index (κ3) is 6.82. The number of amides is 1. The molecule has 2 aromatic rings. The first-order chi connectivity index (χ1) is 12.8. The number of nitrogens with zero attached hydrogens (tertiary/aromatic N) is 1. The van der Waals surface area contributed by atoms with Crippen LogP contribution in [0.2, 0.25) is 0 Å². The molecule has 27 heavy (non-hydrogen) atoms. The smallest absolute Gasteiger partial charge is 0.258 e. The topological polar surface area (TPSA) is 84.9 Å². The van der Waals surface area contributed by atoms with Crippen LogP contribution in [-0.4, -0.2) is 46.9 Å². The van der Waals surface area contributed by atoms with Gasteiger partial charge in [0.25, 0.3) is 5.91 Å². The van der Waals surface area contributed by atoms with Crippen molar-refractivity contribution in [3.63, 3.8) is 0 Å². The van der Waals surface area contributed by atoms with Crippen molar-refractivity contribution in [2.45, 2.75) is 13.0 Å². The molecule has 0 spiro atoms. The van der Waals surface area contributed by atoms with Gasteiger partial charge in [0.2, 0.25) is 10.0 Å². The second kappa shape index (κ2) is 9.27. The van der Waals surface area contributed by atoms with Crippen LogP contribution in [0, 0.1) is 0 Å². The van der Waals surface area contributed by atoms with E-state index in [1.807, 2.05) is 37.3 Å². The fourth-order valence-corrected chi connectivity index (χ4v) is 2.69. The average molecular weight is 392 g/mol. The number of benzene rings is 2. The van der Waals surface area contributed by atoms with Crippen molar-refractivity contribution in [1.29, 1.82) is 0 Å². The van der Waals surface area contributed by atoms with Gasteiger partial charge in [-0.05, 0) is 43.3 Å². The van der Waals surface area contributed by atoms with Crippen LogP contribution in [-0.2, 0) is 14.8 Å². The van der Waals surface area contributed by atoms with E-state index >= 15 is 0 Å². The fourth-order valence-electron chi connectivity index (χ4n) is 2.19. The Hall–Kier alpha value is -2.74. The molecule has 1 atom stereocenters. The van der Waals surface area contributed by atoms with Gasteiger partial charge in [0.05, 0.1) is 18.0 Å². The minimum absolute atomic E-state index is 0.142. The SMILES string of the molecule is C[C@@H](COc1ccccc1)NC(=O)COc1ccc(N(C)S(C)(=O)=O)cc1. The van der Waals surface area contributed by atoms with Crippen molar-refractivity contribution in [3.05, 3.63) is 54.6 Å². The molecule has 8 heteroatoms. The predicted molar refractivity (Wildman–Crippen MR) is 105 cm³/mol. The molecule has 2 aromatic carbocycles. The summed E-state index contributed by atoms with van der Waals surface area (Å²) in [6, 6.07) is 15.7. The monoisotopic (exact) mass is 392 g/mol. The Bertz CT molecular complexity index is 838. The molecule has 0 fully saturated rings. The lowest BCUT2D eigenvalue weighted by atomic mass is 10.3. The highest BCUT2D eigenvalue weighted by molar-refractivity contribution is 7.92. The van der Waals surface area contributed by atoms with Gasteiger partial charge in [-0.1, -0.05) is 18.2 Å². The Balaban J connectivity index is 1.76. The van der Waals surface area contributed by atoms with Crippen LogP contribution in [0.4, 0.5) is 5.69 Å². The predicted octanol–water partition coefficient (Wildman–Crippen LogP) is 2.04. The van der Waals surface area contributed by atoms with Crippen molar-refractivity contribution in [2.75, 3.05) is 30.8 Å². The molecular weight excluding hydrogens is 368 g/mol. The highest BCUT2D eigenvalue weighted by Crippen LogP contribution is 2.20. The molecule has 0 aliphatic rings. The van der Waals surface area contributed by atoms with E-state index in [9.17, 15) is 13.2 Å². The van der Waals surface area contributed by atoms with Crippen molar-refractivity contribution >= 4 is 21.6 Å². The Morgan fingerprint density at radius 1 is 1.04 bits per heavy atom. The first-order valence-electron chi connectivity index (χ1n) is 8.39. The van der Waals surface area contributed by atoms with E-state index in [1.165, 1.54) is 7.05 Å². The van der Waals surface area contributed by atoms with Gasteiger partial charge in [-0.3, -0.25) is 9.10 Å². The van der Waals surface area contributed by atoms with Crippen molar-refractivity contribution in [3.8, 4) is 11.5 Å². The number of ether oxygens (including phenoxy) is 2. The maximum Gasteiger partial charge on any atom is 0.258 e. The number of hydrogen-bond acceptors (Lipinski definition) is 5. The fraction of sp³-hybridized carbons (Fsp3) is 0.316. The van der Waals surface area contributed by atoms with E-state index in [-0.39, 0.29) is 18.6 Å². The van der Waals surface area contributed by atoms with Crippen LogP contribution in [0.15, 0.2) is 54.6 Å². The Morgan fingerprint density at radius 2 is 1.63 bits per heavy atom. The van der Waals surface area contributed by atoms with Crippen LogP contribution in [0.5, 0.6) is 11.5 Å². The van der Waals surface area contributed by atoms with Gasteiger partial charge in [-0.2, -0.15) is 0 Å². The number of sulfonamides is 1. The van der Waals surface area contributed by atoms with E-state index in [1.54, 1.807) is 24.3 Å². The zero-order chi connectivity index (χ0) is 19.9. The molecule has 0 unspecified atom stereocenters. The largest absolute Gasteiger partial charge is 0.491 e. The lowest BCUT2D eigenvalue weighted by Crippen LogP contribution is -2.39. The van der Waals surface area contributed by atoms with Gasteiger partial charge < -0.3 is 14.8 Å². The van der Waals surface area contributed by atoms with Gasteiger partial charge in [-0.15, -0.1) is 0 Å². The molecule has 0 radical (unpaired) electrons. The van der Waals surface area contributed by atoms with Gasteiger partial charge in [0.15, 0.2) is 6.61 Å². The summed E-state index contributed by atoms with van der Waals surface area (Å²) in [4.78, 5) is 12.0. The number of hydrogen-bond donors (Lipinski definition) is 1. The normalized spacial score (nSPS) is 12.1. The number of anilines is 1. The maximum absolute atomic E-state index is 12.0. The molecule has 0 aliphatic heterocycles. The van der Waals surface area contributed by atoms with E-state index in [0.29, 0.717) is 18.0 Å². The van der Waals surface area contributed by atoms with Crippen molar-refractivity contribution in [2.24, 2.45) is 0 Å². The summed E-state index contributed by atoms with van der Waals surface area (Å²) in [5.41, 5.74) is 0.515. The average Bonchev–Trinajstić information content (AvgIpc) is 2.64. The number of para-hydroxylation sites is 1. The van der Waals surface area contributed by atoms with Gasteiger partial charge >= 0.3 is 0 Å². The third-order valence-corrected chi connectivity index (χ3v) is 4.92. The summed E-state index contributed by atoms with van der Waals surface area (Å²) in [5.74, 6) is 0.953. The van der Waals surface area contributed by atoms with E-state index in [2.05, 4.69) is 5.32 Å². The second-order valence-corrected chi connectivity index (χ2v) is 8.12. The summed E-state index contributed by atoms with van der Waals surface area (Å²) < 4.78 is 35.2. The Kier molecular flexibility index (Phi) is 7.06. The lowest BCUT2D eigenvalue weighted by Gasteiger charge is -2.17. The van der Waals surface area contributed by atoms with Crippen molar-refractivity contribution in [1.82, 2.24) is 5.32 Å². The van der Waals surface area contributed by atoms with Crippen molar-refractivity contribution < 1.29 is 22.7 Å². The molecule has 2 rings (SSSR count). The number of rotatable bonds is 9. The number of carbonyl (C=O) groups is 1. The zero-order valence-corrected chi connectivity index (χ0v) is 16.4. The molecule has 7 nitrogen and oxygen atoms in total. The molecule has 0 saturated heterocycles. The number of nitrogens with one attached hydrogen (secondary N) is 1. The quantitative estimate of drug-likeness (QED) is 0.706. The van der Waals surface area contributed by atoms with Crippen LogP contribution in [0.1, 0.15) is 6.92 Å². The molecule has 0 aromatic heterocycles. The molecule has 1 amide bonds. The first kappa shape index (κ1) is 20.6. The van der Waals surface area contributed by atoms with Gasteiger partial charge in [0, 0.05) is 7.05 Å². The van der Waals surface area contributed by atoms with Crippen LogP contribution >= 0.6 is 0 Å². The summed E-state index contributed by atoms with van der Waals surface area (Å²) in [6.45, 7) is 2.05. The van der Waals surface area contributed by atoms with Gasteiger partial charge in [-0.25, -0.2) is 8.42 Å². The van der Waals surface area contributed by atoms with Crippen LogP contribution in [0.25, 0.3) is 0 Å². The molecule has 0 saturated carbocycles. The summed E-state index contributed by atoms with van der Waals surface area (Å²) in [5, 5.41) is 2.79. The molecule has 146 valence electrons. The third-order valence-electron chi connectivity index (χ3n) is 3.72. The Labute approximate surface area is 160 Å². The molecule has 0 heterocycles. The first-order valence-corrected chi connectivity index (χ1v) is 10.2. The van der Waals surface area contributed by atoms with Crippen LogP contribution < -0.4 is 19.1 Å². The molecule has 1 N–H and O–H groups in total. The van der Waals surface area contributed by atoms with Crippen LogP contribution in [0.3, 0.4) is 0 Å². The van der Waals surface area contributed by atoms with E-state index in [4.69, 9.17) is 9.47 Å². The summed E-state index contributed by atoms with van der Waals surface area (Å²) >= 11 is 0. The highest BCUT2D eigenvalue weighted by atomic mass is 32.2.